The van der Waals surface area contributed by atoms with Crippen LogP contribution in [-0.4, -0.2) is 38.9 Å². The summed E-state index contributed by atoms with van der Waals surface area (Å²) in [5.74, 6) is 0.622. The number of hydrogen-bond acceptors (Lipinski definition) is 5. The van der Waals surface area contributed by atoms with Crippen molar-refractivity contribution in [2.45, 2.75) is 32.0 Å². The van der Waals surface area contributed by atoms with Gasteiger partial charge in [0.2, 0.25) is 5.95 Å². The minimum Gasteiger partial charge on any atom is -0.392 e. The maximum absolute atomic E-state index is 9.97. The number of rotatable bonds is 2. The van der Waals surface area contributed by atoms with E-state index < -0.39 is 5.60 Å². The fourth-order valence-electron chi connectivity index (χ4n) is 1.98. The van der Waals surface area contributed by atoms with E-state index in [9.17, 15) is 5.11 Å². The number of hydrogen-bond donors (Lipinski definition) is 2. The standard InChI is InChI=1S/C11H17N3O2/c1-11(16)3-2-4-14(8-11)10-12-5-9(7-15)6-13-10/h5-6,15-16H,2-4,7-8H2,1H3. The minimum atomic E-state index is -0.655. The molecule has 1 unspecified atom stereocenters. The Bertz CT molecular complexity index is 351. The van der Waals surface area contributed by atoms with Crippen molar-refractivity contribution >= 4 is 5.95 Å². The Morgan fingerprint density at radius 3 is 2.69 bits per heavy atom. The molecule has 2 rings (SSSR count). The number of piperidine rings is 1. The molecule has 5 nitrogen and oxygen atoms in total. The summed E-state index contributed by atoms with van der Waals surface area (Å²) in [6.07, 6.45) is 4.99. The van der Waals surface area contributed by atoms with Crippen molar-refractivity contribution in [3.05, 3.63) is 18.0 Å². The Balaban J connectivity index is 2.11. The first-order chi connectivity index (χ1) is 7.61. The summed E-state index contributed by atoms with van der Waals surface area (Å²) >= 11 is 0. The molecule has 88 valence electrons. The van der Waals surface area contributed by atoms with E-state index in [1.807, 2.05) is 11.8 Å². The summed E-state index contributed by atoms with van der Waals surface area (Å²) in [5, 5.41) is 18.9. The van der Waals surface area contributed by atoms with Gasteiger partial charge in [-0.2, -0.15) is 0 Å². The third-order valence-corrected chi connectivity index (χ3v) is 2.83. The zero-order valence-corrected chi connectivity index (χ0v) is 9.43. The van der Waals surface area contributed by atoms with Crippen LogP contribution in [0.3, 0.4) is 0 Å². The van der Waals surface area contributed by atoms with E-state index in [-0.39, 0.29) is 6.61 Å². The normalized spacial score (nSPS) is 25.8. The fourth-order valence-corrected chi connectivity index (χ4v) is 1.98. The van der Waals surface area contributed by atoms with Gasteiger partial charge in [0, 0.05) is 31.0 Å². The van der Waals surface area contributed by atoms with Crippen LogP contribution in [0.1, 0.15) is 25.3 Å². The predicted octanol–water partition coefficient (Wildman–Crippen LogP) is 0.320. The third-order valence-electron chi connectivity index (χ3n) is 2.83. The summed E-state index contributed by atoms with van der Waals surface area (Å²) in [5.41, 5.74) is 0.0459. The highest BCUT2D eigenvalue weighted by Gasteiger charge is 2.29. The van der Waals surface area contributed by atoms with Crippen molar-refractivity contribution in [2.24, 2.45) is 0 Å². The van der Waals surface area contributed by atoms with E-state index in [2.05, 4.69) is 9.97 Å². The average Bonchev–Trinajstić information content (AvgIpc) is 2.28. The molecule has 2 heterocycles. The van der Waals surface area contributed by atoms with Gasteiger partial charge in [0.1, 0.15) is 0 Å². The Morgan fingerprint density at radius 2 is 2.12 bits per heavy atom. The third kappa shape index (κ3) is 2.48. The van der Waals surface area contributed by atoms with Crippen LogP contribution in [0, 0.1) is 0 Å². The lowest BCUT2D eigenvalue weighted by molar-refractivity contribution is 0.0444. The number of anilines is 1. The summed E-state index contributed by atoms with van der Waals surface area (Å²) in [7, 11) is 0. The number of nitrogens with zero attached hydrogens (tertiary/aromatic N) is 3. The molecule has 16 heavy (non-hydrogen) atoms. The molecule has 0 aliphatic carbocycles. The Labute approximate surface area is 94.8 Å². The Hall–Kier alpha value is -1.20. The molecule has 1 fully saturated rings. The minimum absolute atomic E-state index is 0.0437. The van der Waals surface area contributed by atoms with E-state index in [0.717, 1.165) is 19.4 Å². The van der Waals surface area contributed by atoms with E-state index in [4.69, 9.17) is 5.11 Å². The zero-order chi connectivity index (χ0) is 11.6. The van der Waals surface area contributed by atoms with Crippen LogP contribution in [0.2, 0.25) is 0 Å². The molecule has 0 bridgehead atoms. The molecule has 1 aromatic heterocycles. The van der Waals surface area contributed by atoms with Crippen molar-refractivity contribution in [2.75, 3.05) is 18.0 Å². The summed E-state index contributed by atoms with van der Waals surface area (Å²) in [6.45, 7) is 3.22. The Kier molecular flexibility index (Phi) is 3.07. The lowest BCUT2D eigenvalue weighted by Crippen LogP contribution is -2.46. The molecule has 0 spiro atoms. The molecule has 5 heteroatoms. The smallest absolute Gasteiger partial charge is 0.225 e. The van der Waals surface area contributed by atoms with Gasteiger partial charge in [0.05, 0.1) is 12.2 Å². The first-order valence-electron chi connectivity index (χ1n) is 5.50. The predicted molar refractivity (Wildman–Crippen MR) is 60.0 cm³/mol. The molecule has 1 saturated heterocycles. The van der Waals surface area contributed by atoms with Gasteiger partial charge in [-0.05, 0) is 19.8 Å². The van der Waals surface area contributed by atoms with Crippen molar-refractivity contribution in [1.82, 2.24) is 9.97 Å². The number of β-amino-alcohol motifs (C(OH)–C–C–N with tert-alkyl or cyclic N) is 1. The van der Waals surface area contributed by atoms with Gasteiger partial charge in [-0.15, -0.1) is 0 Å². The highest BCUT2D eigenvalue weighted by atomic mass is 16.3. The lowest BCUT2D eigenvalue weighted by Gasteiger charge is -2.36. The lowest BCUT2D eigenvalue weighted by atomic mass is 9.95. The molecular weight excluding hydrogens is 206 g/mol. The quantitative estimate of drug-likeness (QED) is 0.755. The second kappa shape index (κ2) is 4.35. The van der Waals surface area contributed by atoms with E-state index >= 15 is 0 Å². The van der Waals surface area contributed by atoms with Crippen molar-refractivity contribution < 1.29 is 10.2 Å². The molecule has 1 aliphatic heterocycles. The maximum Gasteiger partial charge on any atom is 0.225 e. The zero-order valence-electron chi connectivity index (χ0n) is 9.43. The molecule has 0 aromatic carbocycles. The molecule has 1 aromatic rings. The number of aromatic nitrogens is 2. The first kappa shape index (κ1) is 11.3. The summed E-state index contributed by atoms with van der Waals surface area (Å²) in [6, 6.07) is 0. The molecule has 0 saturated carbocycles. The monoisotopic (exact) mass is 223 g/mol. The van der Waals surface area contributed by atoms with E-state index in [0.29, 0.717) is 18.1 Å². The van der Waals surface area contributed by atoms with Gasteiger partial charge in [-0.1, -0.05) is 0 Å². The van der Waals surface area contributed by atoms with Crippen LogP contribution >= 0.6 is 0 Å². The van der Waals surface area contributed by atoms with Crippen LogP contribution in [0.4, 0.5) is 5.95 Å². The van der Waals surface area contributed by atoms with Gasteiger partial charge in [-0.3, -0.25) is 0 Å². The first-order valence-corrected chi connectivity index (χ1v) is 5.50. The Morgan fingerprint density at radius 1 is 1.44 bits per heavy atom. The van der Waals surface area contributed by atoms with Crippen molar-refractivity contribution in [3.63, 3.8) is 0 Å². The van der Waals surface area contributed by atoms with Gasteiger partial charge in [-0.25, -0.2) is 9.97 Å². The molecule has 1 atom stereocenters. The van der Waals surface area contributed by atoms with Crippen molar-refractivity contribution in [1.29, 1.82) is 0 Å². The number of aliphatic hydroxyl groups is 2. The van der Waals surface area contributed by atoms with Crippen molar-refractivity contribution in [3.8, 4) is 0 Å². The van der Waals surface area contributed by atoms with Gasteiger partial charge >= 0.3 is 0 Å². The van der Waals surface area contributed by atoms with Gasteiger partial charge in [0.15, 0.2) is 0 Å². The van der Waals surface area contributed by atoms with Crippen LogP contribution in [-0.2, 0) is 6.61 Å². The van der Waals surface area contributed by atoms with Crippen LogP contribution in [0.15, 0.2) is 12.4 Å². The molecule has 0 amide bonds. The van der Waals surface area contributed by atoms with Crippen LogP contribution in [0.25, 0.3) is 0 Å². The van der Waals surface area contributed by atoms with Gasteiger partial charge < -0.3 is 15.1 Å². The maximum atomic E-state index is 9.97. The SMILES string of the molecule is CC1(O)CCCN(c2ncc(CO)cn2)C1. The molecule has 2 N–H and O–H groups in total. The summed E-state index contributed by atoms with van der Waals surface area (Å²) < 4.78 is 0. The highest BCUT2D eigenvalue weighted by Crippen LogP contribution is 2.22. The molecule has 1 aliphatic rings. The second-order valence-corrected chi connectivity index (χ2v) is 4.57. The topological polar surface area (TPSA) is 69.5 Å². The fraction of sp³-hybridized carbons (Fsp3) is 0.636. The number of aliphatic hydroxyl groups excluding tert-OH is 1. The molecular formula is C11H17N3O2. The molecule has 0 radical (unpaired) electrons. The van der Waals surface area contributed by atoms with Crippen LogP contribution in [0.5, 0.6) is 0 Å². The van der Waals surface area contributed by atoms with Crippen LogP contribution < -0.4 is 4.90 Å². The van der Waals surface area contributed by atoms with Gasteiger partial charge in [0.25, 0.3) is 0 Å². The van der Waals surface area contributed by atoms with E-state index in [1.165, 1.54) is 0 Å². The second-order valence-electron chi connectivity index (χ2n) is 4.57. The largest absolute Gasteiger partial charge is 0.392 e. The average molecular weight is 223 g/mol. The summed E-state index contributed by atoms with van der Waals surface area (Å²) in [4.78, 5) is 10.3. The van der Waals surface area contributed by atoms with E-state index in [1.54, 1.807) is 12.4 Å². The highest BCUT2D eigenvalue weighted by molar-refractivity contribution is 5.31.